The highest BCUT2D eigenvalue weighted by Crippen LogP contribution is 2.25. The van der Waals surface area contributed by atoms with Crippen LogP contribution in [-0.2, 0) is 0 Å². The molecule has 0 saturated heterocycles. The van der Waals surface area contributed by atoms with Gasteiger partial charge in [-0.05, 0) is 33.2 Å². The van der Waals surface area contributed by atoms with E-state index < -0.39 is 5.60 Å². The van der Waals surface area contributed by atoms with Crippen molar-refractivity contribution in [2.45, 2.75) is 12.5 Å². The van der Waals surface area contributed by atoms with Gasteiger partial charge in [0.15, 0.2) is 11.5 Å². The average Bonchev–Trinajstić information content (AvgIpc) is 2.37. The van der Waals surface area contributed by atoms with Crippen molar-refractivity contribution < 1.29 is 14.6 Å². The fourth-order valence-corrected chi connectivity index (χ4v) is 2.07. The van der Waals surface area contributed by atoms with Crippen molar-refractivity contribution in [3.8, 4) is 11.5 Å². The molecule has 0 bridgehead atoms. The van der Waals surface area contributed by atoms with Gasteiger partial charge in [-0.15, -0.1) is 0 Å². The number of methoxy groups -OCH3 is 1. The van der Waals surface area contributed by atoms with Crippen molar-refractivity contribution in [3.05, 3.63) is 24.3 Å². The maximum atomic E-state index is 10.1. The fourth-order valence-electron chi connectivity index (χ4n) is 2.07. The monoisotopic (exact) mass is 282 g/mol. The van der Waals surface area contributed by atoms with E-state index in [0.29, 0.717) is 26.2 Å². The van der Waals surface area contributed by atoms with Crippen molar-refractivity contribution in [3.63, 3.8) is 0 Å². The fraction of sp³-hybridized carbons (Fsp3) is 0.600. The number of hydrogen-bond acceptors (Lipinski definition) is 5. The third-order valence-corrected chi connectivity index (χ3v) is 2.77. The van der Waals surface area contributed by atoms with Gasteiger partial charge in [-0.25, -0.2) is 0 Å². The van der Waals surface area contributed by atoms with E-state index in [9.17, 15) is 5.11 Å². The number of rotatable bonds is 9. The maximum Gasteiger partial charge on any atom is 0.161 e. The molecule has 1 aromatic rings. The van der Waals surface area contributed by atoms with Crippen LogP contribution < -0.4 is 14.8 Å². The van der Waals surface area contributed by atoms with E-state index >= 15 is 0 Å². The quantitative estimate of drug-likeness (QED) is 0.661. The Labute approximate surface area is 121 Å². The molecular weight excluding hydrogens is 256 g/mol. The SMILES string of the molecule is COc1ccccc1OCCNCC(C)(O)CN(C)C. The Morgan fingerprint density at radius 2 is 1.90 bits per heavy atom. The van der Waals surface area contributed by atoms with Crippen molar-refractivity contribution >= 4 is 0 Å². The number of nitrogens with one attached hydrogen (secondary N) is 1. The van der Waals surface area contributed by atoms with E-state index in [1.165, 1.54) is 0 Å². The molecule has 2 N–H and O–H groups in total. The van der Waals surface area contributed by atoms with E-state index in [-0.39, 0.29) is 0 Å². The standard InChI is InChI=1S/C15H26N2O3/c1-15(18,12-17(2)3)11-16-9-10-20-14-8-6-5-7-13(14)19-4/h5-8,16,18H,9-12H2,1-4H3. The lowest BCUT2D eigenvalue weighted by Gasteiger charge is -2.27. The first-order chi connectivity index (χ1) is 9.44. The predicted octanol–water partition coefficient (Wildman–Crippen LogP) is 0.976. The van der Waals surface area contributed by atoms with Gasteiger partial charge in [0.2, 0.25) is 0 Å². The largest absolute Gasteiger partial charge is 0.493 e. The third kappa shape index (κ3) is 6.23. The Kier molecular flexibility index (Phi) is 6.78. The van der Waals surface area contributed by atoms with Crippen LogP contribution in [0.3, 0.4) is 0 Å². The molecule has 0 saturated carbocycles. The van der Waals surface area contributed by atoms with Gasteiger partial charge in [-0.2, -0.15) is 0 Å². The second kappa shape index (κ2) is 8.09. The molecule has 0 aliphatic heterocycles. The van der Waals surface area contributed by atoms with Crippen LogP contribution in [-0.4, -0.2) is 63.1 Å². The summed E-state index contributed by atoms with van der Waals surface area (Å²) in [5, 5.41) is 13.3. The van der Waals surface area contributed by atoms with E-state index in [2.05, 4.69) is 5.32 Å². The first kappa shape index (κ1) is 16.8. The van der Waals surface area contributed by atoms with Gasteiger partial charge in [0.05, 0.1) is 12.7 Å². The van der Waals surface area contributed by atoms with Crippen LogP contribution in [0.5, 0.6) is 11.5 Å². The summed E-state index contributed by atoms with van der Waals surface area (Å²) in [6.07, 6.45) is 0. The normalized spacial score (nSPS) is 14.1. The first-order valence-corrected chi connectivity index (χ1v) is 6.78. The molecule has 1 unspecified atom stereocenters. The number of ether oxygens (including phenoxy) is 2. The molecule has 0 amide bonds. The maximum absolute atomic E-state index is 10.1. The summed E-state index contributed by atoms with van der Waals surface area (Å²) in [4.78, 5) is 1.97. The summed E-state index contributed by atoms with van der Waals surface area (Å²) < 4.78 is 10.9. The number of para-hydroxylation sites is 2. The zero-order valence-corrected chi connectivity index (χ0v) is 12.8. The van der Waals surface area contributed by atoms with Crippen molar-refractivity contribution in [2.75, 3.05) is 47.4 Å². The summed E-state index contributed by atoms with van der Waals surface area (Å²) in [5.41, 5.74) is -0.742. The minimum atomic E-state index is -0.742. The zero-order chi connectivity index (χ0) is 15.0. The molecule has 0 aromatic heterocycles. The predicted molar refractivity (Wildman–Crippen MR) is 80.5 cm³/mol. The lowest BCUT2D eigenvalue weighted by Crippen LogP contribution is -2.46. The summed E-state index contributed by atoms with van der Waals surface area (Å²) in [5.74, 6) is 1.46. The molecule has 5 nitrogen and oxygen atoms in total. The molecule has 114 valence electrons. The molecule has 20 heavy (non-hydrogen) atoms. The molecule has 0 aliphatic carbocycles. The van der Waals surface area contributed by atoms with Crippen LogP contribution in [0.4, 0.5) is 0 Å². The van der Waals surface area contributed by atoms with E-state index in [1.54, 1.807) is 7.11 Å². The van der Waals surface area contributed by atoms with Gasteiger partial charge in [-0.1, -0.05) is 12.1 Å². The number of aliphatic hydroxyl groups is 1. The van der Waals surface area contributed by atoms with E-state index in [1.807, 2.05) is 50.2 Å². The third-order valence-electron chi connectivity index (χ3n) is 2.77. The molecule has 5 heteroatoms. The smallest absolute Gasteiger partial charge is 0.161 e. The van der Waals surface area contributed by atoms with Crippen LogP contribution >= 0.6 is 0 Å². The minimum Gasteiger partial charge on any atom is -0.493 e. The Morgan fingerprint density at radius 3 is 2.50 bits per heavy atom. The number of benzene rings is 1. The molecule has 1 rings (SSSR count). The summed E-state index contributed by atoms with van der Waals surface area (Å²) in [6.45, 7) is 4.16. The lowest BCUT2D eigenvalue weighted by molar-refractivity contribution is 0.0333. The molecule has 1 atom stereocenters. The van der Waals surface area contributed by atoms with Crippen molar-refractivity contribution in [2.24, 2.45) is 0 Å². The van der Waals surface area contributed by atoms with E-state index in [4.69, 9.17) is 9.47 Å². The molecular formula is C15H26N2O3. The Morgan fingerprint density at radius 1 is 1.25 bits per heavy atom. The van der Waals surface area contributed by atoms with Crippen LogP contribution in [0.25, 0.3) is 0 Å². The van der Waals surface area contributed by atoms with Gasteiger partial charge in [0.1, 0.15) is 6.61 Å². The highest BCUT2D eigenvalue weighted by molar-refractivity contribution is 5.39. The highest BCUT2D eigenvalue weighted by atomic mass is 16.5. The number of hydrogen-bond donors (Lipinski definition) is 2. The Bertz CT molecular complexity index is 394. The molecule has 0 heterocycles. The molecule has 0 spiro atoms. The molecule has 0 radical (unpaired) electrons. The van der Waals surface area contributed by atoms with Crippen LogP contribution in [0.2, 0.25) is 0 Å². The van der Waals surface area contributed by atoms with Gasteiger partial charge in [0.25, 0.3) is 0 Å². The average molecular weight is 282 g/mol. The Balaban J connectivity index is 2.25. The summed E-state index contributed by atoms with van der Waals surface area (Å²) >= 11 is 0. The summed E-state index contributed by atoms with van der Waals surface area (Å²) in [7, 11) is 5.51. The Hall–Kier alpha value is -1.30. The second-order valence-corrected chi connectivity index (χ2v) is 5.41. The highest BCUT2D eigenvalue weighted by Gasteiger charge is 2.20. The van der Waals surface area contributed by atoms with Gasteiger partial charge >= 0.3 is 0 Å². The van der Waals surface area contributed by atoms with Crippen LogP contribution in [0, 0.1) is 0 Å². The molecule has 0 aliphatic rings. The van der Waals surface area contributed by atoms with Gasteiger partial charge in [-0.3, -0.25) is 0 Å². The molecule has 0 fully saturated rings. The van der Waals surface area contributed by atoms with Crippen LogP contribution in [0.15, 0.2) is 24.3 Å². The second-order valence-electron chi connectivity index (χ2n) is 5.41. The topological polar surface area (TPSA) is 54.0 Å². The zero-order valence-electron chi connectivity index (χ0n) is 12.8. The summed E-state index contributed by atoms with van der Waals surface area (Å²) in [6, 6.07) is 7.56. The van der Waals surface area contributed by atoms with Crippen molar-refractivity contribution in [1.82, 2.24) is 10.2 Å². The van der Waals surface area contributed by atoms with Gasteiger partial charge in [0, 0.05) is 19.6 Å². The lowest BCUT2D eigenvalue weighted by atomic mass is 10.1. The van der Waals surface area contributed by atoms with E-state index in [0.717, 1.165) is 11.5 Å². The van der Waals surface area contributed by atoms with Gasteiger partial charge < -0.3 is 24.8 Å². The van der Waals surface area contributed by atoms with Crippen LogP contribution in [0.1, 0.15) is 6.92 Å². The number of nitrogens with zero attached hydrogens (tertiary/aromatic N) is 1. The molecule has 1 aromatic carbocycles. The number of likely N-dealkylation sites (N-methyl/N-ethyl adjacent to an activating group) is 1. The minimum absolute atomic E-state index is 0.526. The van der Waals surface area contributed by atoms with Crippen molar-refractivity contribution in [1.29, 1.82) is 0 Å². The first-order valence-electron chi connectivity index (χ1n) is 6.78.